The van der Waals surface area contributed by atoms with Crippen LogP contribution in [0.2, 0.25) is 0 Å². The molecule has 0 fully saturated rings. The first-order valence-electron chi connectivity index (χ1n) is 4.81. The van der Waals surface area contributed by atoms with Gasteiger partial charge in [0, 0.05) is 10.2 Å². The Labute approximate surface area is 102 Å². The highest BCUT2D eigenvalue weighted by Gasteiger charge is 2.00. The Morgan fingerprint density at radius 1 is 1.25 bits per heavy atom. The lowest BCUT2D eigenvalue weighted by Crippen LogP contribution is -1.95. The van der Waals surface area contributed by atoms with Gasteiger partial charge in [-0.05, 0) is 53.2 Å². The summed E-state index contributed by atoms with van der Waals surface area (Å²) >= 11 is 3.38. The minimum Gasteiger partial charge on any atom is -0.340 e. The Morgan fingerprint density at radius 2 is 2.06 bits per heavy atom. The van der Waals surface area contributed by atoms with Gasteiger partial charge in [0.2, 0.25) is 0 Å². The van der Waals surface area contributed by atoms with Crippen molar-refractivity contribution in [2.45, 2.75) is 6.92 Å². The Kier molecular flexibility index (Phi) is 3.19. The van der Waals surface area contributed by atoms with E-state index in [9.17, 15) is 4.39 Å². The lowest BCUT2D eigenvalue weighted by Gasteiger charge is -2.06. The van der Waals surface area contributed by atoms with Crippen molar-refractivity contribution < 1.29 is 4.39 Å². The normalized spacial score (nSPS) is 10.2. The van der Waals surface area contributed by atoms with Crippen molar-refractivity contribution in [3.8, 4) is 0 Å². The monoisotopic (exact) mass is 280 g/mol. The van der Waals surface area contributed by atoms with Gasteiger partial charge in [0.1, 0.15) is 11.6 Å². The Balaban J connectivity index is 2.24. The zero-order valence-electron chi connectivity index (χ0n) is 8.67. The van der Waals surface area contributed by atoms with Crippen molar-refractivity contribution in [3.63, 3.8) is 0 Å². The van der Waals surface area contributed by atoms with Crippen molar-refractivity contribution in [3.05, 3.63) is 52.4 Å². The molecule has 0 atom stereocenters. The van der Waals surface area contributed by atoms with Gasteiger partial charge in [-0.3, -0.25) is 0 Å². The summed E-state index contributed by atoms with van der Waals surface area (Å²) in [5, 5.41) is 3.04. The molecule has 1 aromatic carbocycles. The van der Waals surface area contributed by atoms with Crippen LogP contribution in [0.15, 0.2) is 40.9 Å². The highest BCUT2D eigenvalue weighted by molar-refractivity contribution is 9.10. The van der Waals surface area contributed by atoms with E-state index in [1.165, 1.54) is 12.1 Å². The van der Waals surface area contributed by atoms with E-state index in [2.05, 4.69) is 26.2 Å². The molecule has 0 saturated carbocycles. The molecule has 82 valence electrons. The Bertz CT molecular complexity index is 514. The van der Waals surface area contributed by atoms with E-state index < -0.39 is 0 Å². The van der Waals surface area contributed by atoms with E-state index in [1.807, 2.05) is 19.1 Å². The molecule has 0 aliphatic rings. The highest BCUT2D eigenvalue weighted by Crippen LogP contribution is 2.19. The fourth-order valence-electron chi connectivity index (χ4n) is 1.33. The molecule has 2 nitrogen and oxygen atoms in total. The van der Waals surface area contributed by atoms with Crippen LogP contribution in [0.4, 0.5) is 15.9 Å². The van der Waals surface area contributed by atoms with Crippen molar-refractivity contribution in [2.24, 2.45) is 0 Å². The molecule has 1 heterocycles. The molecule has 16 heavy (non-hydrogen) atoms. The van der Waals surface area contributed by atoms with Crippen molar-refractivity contribution in [1.29, 1.82) is 0 Å². The molecule has 1 N–H and O–H groups in total. The van der Waals surface area contributed by atoms with Gasteiger partial charge < -0.3 is 5.32 Å². The minimum atomic E-state index is -0.265. The van der Waals surface area contributed by atoms with E-state index in [0.29, 0.717) is 11.5 Å². The largest absolute Gasteiger partial charge is 0.340 e. The third-order valence-corrected chi connectivity index (χ3v) is 2.96. The molecule has 0 saturated heterocycles. The SMILES string of the molecule is Cc1nc(Nc2cccc(F)c2)ccc1Br. The van der Waals surface area contributed by atoms with Crippen LogP contribution in [0.3, 0.4) is 0 Å². The van der Waals surface area contributed by atoms with Gasteiger partial charge >= 0.3 is 0 Å². The second-order valence-corrected chi connectivity index (χ2v) is 4.25. The van der Waals surface area contributed by atoms with E-state index >= 15 is 0 Å². The number of nitrogens with zero attached hydrogens (tertiary/aromatic N) is 1. The molecule has 0 bridgehead atoms. The van der Waals surface area contributed by atoms with Gasteiger partial charge in [0.15, 0.2) is 0 Å². The average molecular weight is 281 g/mol. The Morgan fingerprint density at radius 3 is 2.75 bits per heavy atom. The molecule has 0 radical (unpaired) electrons. The van der Waals surface area contributed by atoms with Crippen LogP contribution in [0.5, 0.6) is 0 Å². The maximum Gasteiger partial charge on any atom is 0.130 e. The van der Waals surface area contributed by atoms with Crippen LogP contribution in [-0.4, -0.2) is 4.98 Å². The summed E-state index contributed by atoms with van der Waals surface area (Å²) < 4.78 is 13.9. The summed E-state index contributed by atoms with van der Waals surface area (Å²) in [5.41, 5.74) is 1.58. The van der Waals surface area contributed by atoms with Crippen LogP contribution in [0, 0.1) is 12.7 Å². The topological polar surface area (TPSA) is 24.9 Å². The quantitative estimate of drug-likeness (QED) is 0.898. The van der Waals surface area contributed by atoms with E-state index in [-0.39, 0.29) is 5.82 Å². The van der Waals surface area contributed by atoms with Crippen LogP contribution in [0.25, 0.3) is 0 Å². The lowest BCUT2D eigenvalue weighted by molar-refractivity contribution is 0.628. The van der Waals surface area contributed by atoms with Gasteiger partial charge in [-0.1, -0.05) is 6.07 Å². The second-order valence-electron chi connectivity index (χ2n) is 3.40. The summed E-state index contributed by atoms with van der Waals surface area (Å²) in [6, 6.07) is 10.0. The third kappa shape index (κ3) is 2.58. The number of benzene rings is 1. The first kappa shape index (κ1) is 11.1. The highest BCUT2D eigenvalue weighted by atomic mass is 79.9. The minimum absolute atomic E-state index is 0.265. The number of rotatable bonds is 2. The fourth-order valence-corrected chi connectivity index (χ4v) is 1.55. The molecule has 2 aromatic rings. The van der Waals surface area contributed by atoms with Gasteiger partial charge in [0.05, 0.1) is 5.69 Å². The summed E-state index contributed by atoms with van der Waals surface area (Å²) in [4.78, 5) is 4.32. The molecular weight excluding hydrogens is 271 g/mol. The van der Waals surface area contributed by atoms with Gasteiger partial charge in [0.25, 0.3) is 0 Å². The number of aryl methyl sites for hydroxylation is 1. The van der Waals surface area contributed by atoms with E-state index in [4.69, 9.17) is 0 Å². The molecule has 2 rings (SSSR count). The Hall–Kier alpha value is -1.42. The van der Waals surface area contributed by atoms with Crippen LogP contribution >= 0.6 is 15.9 Å². The fraction of sp³-hybridized carbons (Fsp3) is 0.0833. The van der Waals surface area contributed by atoms with Gasteiger partial charge in [-0.15, -0.1) is 0 Å². The zero-order chi connectivity index (χ0) is 11.5. The summed E-state index contributed by atoms with van der Waals surface area (Å²) in [7, 11) is 0. The first-order valence-corrected chi connectivity index (χ1v) is 5.60. The second kappa shape index (κ2) is 4.61. The van der Waals surface area contributed by atoms with Crippen molar-refractivity contribution in [1.82, 2.24) is 4.98 Å². The predicted molar refractivity (Wildman–Crippen MR) is 66.4 cm³/mol. The van der Waals surface area contributed by atoms with E-state index in [1.54, 1.807) is 12.1 Å². The number of nitrogens with one attached hydrogen (secondary N) is 1. The summed E-state index contributed by atoms with van der Waals surface area (Å²) in [5.74, 6) is 0.435. The molecule has 0 amide bonds. The van der Waals surface area contributed by atoms with Gasteiger partial charge in [-0.2, -0.15) is 0 Å². The maximum absolute atomic E-state index is 12.9. The number of aromatic nitrogens is 1. The van der Waals surface area contributed by atoms with Crippen molar-refractivity contribution >= 4 is 27.4 Å². The molecule has 0 unspecified atom stereocenters. The maximum atomic E-state index is 12.9. The van der Waals surface area contributed by atoms with E-state index in [0.717, 1.165) is 10.2 Å². The standard InChI is InChI=1S/C12H10BrFN2/c1-8-11(13)5-6-12(15-8)16-10-4-2-3-9(14)7-10/h2-7H,1H3,(H,15,16). The molecular formula is C12H10BrFN2. The van der Waals surface area contributed by atoms with Crippen LogP contribution in [0.1, 0.15) is 5.69 Å². The number of pyridine rings is 1. The average Bonchev–Trinajstić information content (AvgIpc) is 2.24. The lowest BCUT2D eigenvalue weighted by atomic mass is 10.3. The van der Waals surface area contributed by atoms with Crippen LogP contribution < -0.4 is 5.32 Å². The molecule has 0 spiro atoms. The smallest absolute Gasteiger partial charge is 0.130 e. The zero-order valence-corrected chi connectivity index (χ0v) is 10.3. The molecule has 0 aliphatic heterocycles. The summed E-state index contributed by atoms with van der Waals surface area (Å²) in [6.45, 7) is 1.90. The number of anilines is 2. The van der Waals surface area contributed by atoms with Crippen LogP contribution in [-0.2, 0) is 0 Å². The predicted octanol–water partition coefficient (Wildman–Crippen LogP) is 4.04. The van der Waals surface area contributed by atoms with Gasteiger partial charge in [-0.25, -0.2) is 9.37 Å². The number of hydrogen-bond acceptors (Lipinski definition) is 2. The first-order chi connectivity index (χ1) is 7.65. The molecule has 1 aromatic heterocycles. The number of halogens is 2. The van der Waals surface area contributed by atoms with Crippen molar-refractivity contribution in [2.75, 3.05) is 5.32 Å². The number of hydrogen-bond donors (Lipinski definition) is 1. The third-order valence-electron chi connectivity index (χ3n) is 2.12. The molecule has 0 aliphatic carbocycles. The summed E-state index contributed by atoms with van der Waals surface area (Å²) in [6.07, 6.45) is 0. The molecule has 4 heteroatoms.